The van der Waals surface area contributed by atoms with Crippen LogP contribution in [0.3, 0.4) is 0 Å². The van der Waals surface area contributed by atoms with E-state index >= 15 is 0 Å². The monoisotopic (exact) mass is 297 g/mol. The Hall–Kier alpha value is -0.710. The number of thiophene rings is 1. The van der Waals surface area contributed by atoms with Gasteiger partial charge in [0.1, 0.15) is 0 Å². The van der Waals surface area contributed by atoms with Gasteiger partial charge >= 0.3 is 0 Å². The Morgan fingerprint density at radius 3 is 2.94 bits per heavy atom. The minimum Gasteiger partial charge on any atom is -0.388 e. The van der Waals surface area contributed by atoms with E-state index in [0.29, 0.717) is 6.42 Å². The molecule has 0 bridgehead atoms. The topological polar surface area (TPSA) is 33.1 Å². The van der Waals surface area contributed by atoms with Crippen molar-refractivity contribution < 1.29 is 5.11 Å². The van der Waals surface area contributed by atoms with Gasteiger partial charge in [-0.1, -0.05) is 0 Å². The normalized spacial score (nSPS) is 12.7. The summed E-state index contributed by atoms with van der Waals surface area (Å²) in [6.45, 7) is 1.93. The number of hydrogen-bond acceptors (Lipinski definition) is 3. The standard InChI is InChI=1S/C12H12BrNOS/c1-8-4-9(2-3-14-8)12(15)6-11-5-10(13)7-16-11/h2-5,7,12,15H,6H2,1H3. The maximum atomic E-state index is 10.1. The number of rotatable bonds is 3. The van der Waals surface area contributed by atoms with Crippen LogP contribution < -0.4 is 0 Å². The number of aryl methyl sites for hydroxylation is 1. The fraction of sp³-hybridized carbons (Fsp3) is 0.250. The number of halogens is 1. The molecule has 0 radical (unpaired) electrons. The highest BCUT2D eigenvalue weighted by Crippen LogP contribution is 2.25. The van der Waals surface area contributed by atoms with Gasteiger partial charge < -0.3 is 5.11 Å². The van der Waals surface area contributed by atoms with E-state index in [1.807, 2.05) is 30.5 Å². The first-order valence-corrected chi connectivity index (χ1v) is 6.66. The van der Waals surface area contributed by atoms with Crippen molar-refractivity contribution in [3.8, 4) is 0 Å². The minimum absolute atomic E-state index is 0.452. The summed E-state index contributed by atoms with van der Waals surface area (Å²) in [5, 5.41) is 12.1. The second kappa shape index (κ2) is 5.08. The summed E-state index contributed by atoms with van der Waals surface area (Å²) in [4.78, 5) is 5.29. The molecule has 0 aliphatic rings. The smallest absolute Gasteiger partial charge is 0.0839 e. The first-order valence-electron chi connectivity index (χ1n) is 4.98. The second-order valence-electron chi connectivity index (χ2n) is 3.68. The number of aromatic nitrogens is 1. The Labute approximate surface area is 107 Å². The number of hydrogen-bond donors (Lipinski definition) is 1. The molecule has 0 fully saturated rings. The van der Waals surface area contributed by atoms with Crippen LogP contribution in [0.1, 0.15) is 22.2 Å². The van der Waals surface area contributed by atoms with Gasteiger partial charge in [0.25, 0.3) is 0 Å². The van der Waals surface area contributed by atoms with Crippen molar-refractivity contribution in [2.75, 3.05) is 0 Å². The molecule has 16 heavy (non-hydrogen) atoms. The van der Waals surface area contributed by atoms with E-state index in [1.54, 1.807) is 17.5 Å². The SMILES string of the molecule is Cc1cc(C(O)Cc2cc(Br)cs2)ccn1. The van der Waals surface area contributed by atoms with Crippen molar-refractivity contribution in [3.63, 3.8) is 0 Å². The molecule has 4 heteroatoms. The van der Waals surface area contributed by atoms with Crippen LogP contribution in [-0.2, 0) is 6.42 Å². The van der Waals surface area contributed by atoms with Crippen LogP contribution in [0.5, 0.6) is 0 Å². The lowest BCUT2D eigenvalue weighted by Crippen LogP contribution is -2.01. The number of pyridine rings is 1. The van der Waals surface area contributed by atoms with Gasteiger partial charge in [-0.25, -0.2) is 0 Å². The highest BCUT2D eigenvalue weighted by molar-refractivity contribution is 9.10. The highest BCUT2D eigenvalue weighted by atomic mass is 79.9. The summed E-state index contributed by atoms with van der Waals surface area (Å²) < 4.78 is 1.07. The van der Waals surface area contributed by atoms with Crippen LogP contribution in [0.4, 0.5) is 0 Å². The van der Waals surface area contributed by atoms with Crippen molar-refractivity contribution in [1.29, 1.82) is 0 Å². The average Bonchev–Trinajstić information content (AvgIpc) is 2.64. The van der Waals surface area contributed by atoms with Gasteiger partial charge in [0.2, 0.25) is 0 Å². The number of nitrogens with zero attached hydrogens (tertiary/aromatic N) is 1. The highest BCUT2D eigenvalue weighted by Gasteiger charge is 2.10. The molecule has 0 amide bonds. The van der Waals surface area contributed by atoms with E-state index in [4.69, 9.17) is 0 Å². The predicted octanol–water partition coefficient (Wildman–Crippen LogP) is 3.49. The molecule has 0 aliphatic carbocycles. The lowest BCUT2D eigenvalue weighted by Gasteiger charge is -2.09. The molecular formula is C12H12BrNOS. The van der Waals surface area contributed by atoms with Gasteiger partial charge in [0.05, 0.1) is 6.10 Å². The lowest BCUT2D eigenvalue weighted by molar-refractivity contribution is 0.179. The molecule has 0 saturated heterocycles. The quantitative estimate of drug-likeness (QED) is 0.941. The van der Waals surface area contributed by atoms with Crippen LogP contribution >= 0.6 is 27.3 Å². The maximum Gasteiger partial charge on any atom is 0.0839 e. The third-order valence-corrected chi connectivity index (χ3v) is 4.04. The second-order valence-corrected chi connectivity index (χ2v) is 5.59. The fourth-order valence-electron chi connectivity index (χ4n) is 1.54. The molecular weight excluding hydrogens is 286 g/mol. The molecule has 0 aromatic carbocycles. The first-order chi connectivity index (χ1) is 7.65. The first kappa shape index (κ1) is 11.8. The largest absolute Gasteiger partial charge is 0.388 e. The Bertz CT molecular complexity index is 483. The van der Waals surface area contributed by atoms with E-state index in [0.717, 1.165) is 15.7 Å². The number of aliphatic hydroxyl groups is 1. The molecule has 2 aromatic rings. The van der Waals surface area contributed by atoms with Crippen molar-refractivity contribution in [3.05, 3.63) is 50.4 Å². The van der Waals surface area contributed by atoms with E-state index in [-0.39, 0.29) is 0 Å². The molecule has 1 N–H and O–H groups in total. The van der Waals surface area contributed by atoms with E-state index in [1.165, 1.54) is 4.88 Å². The Morgan fingerprint density at radius 1 is 1.50 bits per heavy atom. The molecule has 0 spiro atoms. The maximum absolute atomic E-state index is 10.1. The summed E-state index contributed by atoms with van der Waals surface area (Å²) in [6, 6.07) is 5.83. The van der Waals surface area contributed by atoms with Gasteiger partial charge in [-0.15, -0.1) is 11.3 Å². The summed E-state index contributed by atoms with van der Waals surface area (Å²) in [6.07, 6.45) is 1.94. The molecule has 1 atom stereocenters. The van der Waals surface area contributed by atoms with Gasteiger partial charge in [-0.05, 0) is 46.6 Å². The third-order valence-electron chi connectivity index (χ3n) is 2.32. The van der Waals surface area contributed by atoms with Crippen molar-refractivity contribution >= 4 is 27.3 Å². The minimum atomic E-state index is -0.452. The van der Waals surface area contributed by atoms with Gasteiger partial charge in [-0.3, -0.25) is 4.98 Å². The average molecular weight is 298 g/mol. The fourth-order valence-corrected chi connectivity index (χ4v) is 3.03. The van der Waals surface area contributed by atoms with Crippen LogP contribution in [-0.4, -0.2) is 10.1 Å². The zero-order valence-corrected chi connectivity index (χ0v) is 11.3. The van der Waals surface area contributed by atoms with Crippen LogP contribution in [0.25, 0.3) is 0 Å². The van der Waals surface area contributed by atoms with Crippen molar-refractivity contribution in [2.45, 2.75) is 19.4 Å². The molecule has 2 aromatic heterocycles. The predicted molar refractivity (Wildman–Crippen MR) is 69.7 cm³/mol. The van der Waals surface area contributed by atoms with Crippen LogP contribution in [0, 0.1) is 6.92 Å². The Kier molecular flexibility index (Phi) is 3.74. The molecule has 2 nitrogen and oxygen atoms in total. The molecule has 2 rings (SSSR count). The molecule has 2 heterocycles. The third kappa shape index (κ3) is 2.90. The van der Waals surface area contributed by atoms with Crippen molar-refractivity contribution in [2.24, 2.45) is 0 Å². The van der Waals surface area contributed by atoms with E-state index in [9.17, 15) is 5.11 Å². The molecule has 1 unspecified atom stereocenters. The molecule has 0 saturated carbocycles. The van der Waals surface area contributed by atoms with Gasteiger partial charge in [0, 0.05) is 33.0 Å². The lowest BCUT2D eigenvalue weighted by atomic mass is 10.1. The Balaban J connectivity index is 2.11. The van der Waals surface area contributed by atoms with Gasteiger partial charge in [0.15, 0.2) is 0 Å². The van der Waals surface area contributed by atoms with Crippen LogP contribution in [0.15, 0.2) is 34.2 Å². The Morgan fingerprint density at radius 2 is 2.31 bits per heavy atom. The zero-order valence-electron chi connectivity index (χ0n) is 8.85. The summed E-state index contributed by atoms with van der Waals surface area (Å²) >= 11 is 5.06. The summed E-state index contributed by atoms with van der Waals surface area (Å²) in [5.74, 6) is 0. The summed E-state index contributed by atoms with van der Waals surface area (Å²) in [5.41, 5.74) is 1.86. The van der Waals surface area contributed by atoms with E-state index in [2.05, 4.69) is 20.9 Å². The van der Waals surface area contributed by atoms with Crippen molar-refractivity contribution in [1.82, 2.24) is 4.98 Å². The van der Waals surface area contributed by atoms with E-state index < -0.39 is 6.10 Å². The van der Waals surface area contributed by atoms with Crippen LogP contribution in [0.2, 0.25) is 0 Å². The molecule has 0 aliphatic heterocycles. The number of aliphatic hydroxyl groups excluding tert-OH is 1. The van der Waals surface area contributed by atoms with Gasteiger partial charge in [-0.2, -0.15) is 0 Å². The zero-order chi connectivity index (χ0) is 11.5. The molecule has 84 valence electrons. The summed E-state index contributed by atoms with van der Waals surface area (Å²) in [7, 11) is 0.